The van der Waals surface area contributed by atoms with Gasteiger partial charge in [0.05, 0.1) is 5.69 Å². The molecule has 1 aromatic carbocycles. The van der Waals surface area contributed by atoms with Crippen LogP contribution in [0.1, 0.15) is 12.6 Å². The fourth-order valence-electron chi connectivity index (χ4n) is 1.58. The first-order valence-corrected chi connectivity index (χ1v) is 5.85. The maximum Gasteiger partial charge on any atom is 0.165 e. The van der Waals surface area contributed by atoms with Gasteiger partial charge in [-0.05, 0) is 31.2 Å². The zero-order valence-electron chi connectivity index (χ0n) is 10.2. The number of rotatable bonds is 5. The fourth-order valence-corrected chi connectivity index (χ4v) is 1.58. The highest BCUT2D eigenvalue weighted by Crippen LogP contribution is 2.17. The van der Waals surface area contributed by atoms with Crippen molar-refractivity contribution in [3.8, 4) is 5.75 Å². The lowest BCUT2D eigenvalue weighted by atomic mass is 10.3. The molecule has 3 nitrogen and oxygen atoms in total. The number of aromatic nitrogens is 1. The van der Waals surface area contributed by atoms with E-state index in [1.165, 1.54) is 6.07 Å². The van der Waals surface area contributed by atoms with E-state index in [1.54, 1.807) is 24.4 Å². The molecule has 0 saturated heterocycles. The van der Waals surface area contributed by atoms with Gasteiger partial charge in [0.25, 0.3) is 0 Å². The number of benzene rings is 1. The molecule has 2 rings (SSSR count). The van der Waals surface area contributed by atoms with Gasteiger partial charge >= 0.3 is 0 Å². The molecular weight excluding hydrogens is 231 g/mol. The minimum absolute atomic E-state index is 0.244. The van der Waals surface area contributed by atoms with Crippen LogP contribution in [0.3, 0.4) is 0 Å². The van der Waals surface area contributed by atoms with Crippen LogP contribution in [0.25, 0.3) is 0 Å². The Labute approximate surface area is 106 Å². The zero-order valence-corrected chi connectivity index (χ0v) is 10.2. The monoisotopic (exact) mass is 246 g/mol. The Morgan fingerprint density at radius 3 is 2.89 bits per heavy atom. The van der Waals surface area contributed by atoms with E-state index in [0.29, 0.717) is 0 Å². The predicted octanol–water partition coefficient (Wildman–Crippen LogP) is 3.23. The summed E-state index contributed by atoms with van der Waals surface area (Å²) in [5.41, 5.74) is 1.75. The molecule has 0 radical (unpaired) electrons. The van der Waals surface area contributed by atoms with Crippen LogP contribution >= 0.6 is 0 Å². The average Bonchev–Trinajstić information content (AvgIpc) is 2.39. The Balaban J connectivity index is 2.02. The number of nitrogens with one attached hydrogen (secondary N) is 1. The molecule has 1 N–H and O–H groups in total. The van der Waals surface area contributed by atoms with E-state index in [2.05, 4.69) is 10.3 Å². The number of pyridine rings is 1. The van der Waals surface area contributed by atoms with E-state index < -0.39 is 0 Å². The number of halogens is 1. The van der Waals surface area contributed by atoms with Crippen LogP contribution in [0.15, 0.2) is 42.6 Å². The molecule has 1 aromatic heterocycles. The molecule has 0 atom stereocenters. The zero-order chi connectivity index (χ0) is 12.8. The van der Waals surface area contributed by atoms with Gasteiger partial charge in [-0.15, -0.1) is 0 Å². The third kappa shape index (κ3) is 3.20. The smallest absolute Gasteiger partial charge is 0.165 e. The Morgan fingerprint density at radius 1 is 1.28 bits per heavy atom. The van der Waals surface area contributed by atoms with Crippen LogP contribution in [-0.2, 0) is 6.61 Å². The summed E-state index contributed by atoms with van der Waals surface area (Å²) in [6.45, 7) is 3.12. The molecule has 0 saturated carbocycles. The van der Waals surface area contributed by atoms with Crippen LogP contribution in [0.5, 0.6) is 5.75 Å². The summed E-state index contributed by atoms with van der Waals surface area (Å²) < 4.78 is 18.7. The van der Waals surface area contributed by atoms with Crippen molar-refractivity contribution in [1.82, 2.24) is 4.98 Å². The first-order valence-electron chi connectivity index (χ1n) is 5.85. The normalized spacial score (nSPS) is 10.1. The summed E-state index contributed by atoms with van der Waals surface area (Å²) >= 11 is 0. The molecule has 0 amide bonds. The van der Waals surface area contributed by atoms with Gasteiger partial charge in [0.15, 0.2) is 11.6 Å². The van der Waals surface area contributed by atoms with E-state index in [9.17, 15) is 4.39 Å². The predicted molar refractivity (Wildman–Crippen MR) is 69.1 cm³/mol. The van der Waals surface area contributed by atoms with Gasteiger partial charge in [-0.3, -0.25) is 4.98 Å². The molecule has 18 heavy (non-hydrogen) atoms. The molecule has 2 aromatic rings. The Morgan fingerprint density at radius 2 is 2.11 bits per heavy atom. The molecule has 0 bridgehead atoms. The molecule has 0 spiro atoms. The third-order valence-electron chi connectivity index (χ3n) is 2.41. The lowest BCUT2D eigenvalue weighted by Crippen LogP contribution is -2.02. The van der Waals surface area contributed by atoms with Crippen LogP contribution in [0.4, 0.5) is 10.1 Å². The topological polar surface area (TPSA) is 34.2 Å². The molecule has 0 unspecified atom stereocenters. The number of anilines is 1. The van der Waals surface area contributed by atoms with Gasteiger partial charge in [0, 0.05) is 18.4 Å². The highest BCUT2D eigenvalue weighted by Gasteiger charge is 2.03. The van der Waals surface area contributed by atoms with Crippen molar-refractivity contribution in [2.45, 2.75) is 13.5 Å². The second-order valence-corrected chi connectivity index (χ2v) is 3.79. The van der Waals surface area contributed by atoms with Crippen molar-refractivity contribution in [3.63, 3.8) is 0 Å². The highest BCUT2D eigenvalue weighted by molar-refractivity contribution is 5.42. The first kappa shape index (κ1) is 12.4. The van der Waals surface area contributed by atoms with Gasteiger partial charge < -0.3 is 10.1 Å². The second kappa shape index (κ2) is 6.00. The van der Waals surface area contributed by atoms with E-state index in [0.717, 1.165) is 17.9 Å². The maximum absolute atomic E-state index is 13.3. The van der Waals surface area contributed by atoms with Gasteiger partial charge in [-0.25, -0.2) is 4.39 Å². The van der Waals surface area contributed by atoms with Crippen molar-refractivity contribution in [3.05, 3.63) is 54.1 Å². The third-order valence-corrected chi connectivity index (χ3v) is 2.41. The molecular formula is C14H15FN2O. The SMILES string of the molecule is CCNc1ccnc(COc2ccccc2F)c1. The number of hydrogen-bond donors (Lipinski definition) is 1. The van der Waals surface area contributed by atoms with Crippen molar-refractivity contribution < 1.29 is 9.13 Å². The fraction of sp³-hybridized carbons (Fsp3) is 0.214. The summed E-state index contributed by atoms with van der Waals surface area (Å²) in [5.74, 6) is -0.117. The Kier molecular flexibility index (Phi) is 4.12. The van der Waals surface area contributed by atoms with E-state index in [-0.39, 0.29) is 18.2 Å². The molecule has 94 valence electrons. The van der Waals surface area contributed by atoms with Gasteiger partial charge in [0.1, 0.15) is 6.61 Å². The van der Waals surface area contributed by atoms with Gasteiger partial charge in [-0.2, -0.15) is 0 Å². The standard InChI is InChI=1S/C14H15FN2O/c1-2-16-11-7-8-17-12(9-11)10-18-14-6-4-3-5-13(14)15/h3-9H,2,10H2,1H3,(H,16,17). The van der Waals surface area contributed by atoms with Crippen molar-refractivity contribution in [2.24, 2.45) is 0 Å². The van der Waals surface area contributed by atoms with E-state index in [4.69, 9.17) is 4.74 Å². The maximum atomic E-state index is 13.3. The minimum atomic E-state index is -0.361. The highest BCUT2D eigenvalue weighted by atomic mass is 19.1. The summed E-state index contributed by atoms with van der Waals surface area (Å²) in [6, 6.07) is 10.1. The Hall–Kier alpha value is -2.10. The largest absolute Gasteiger partial charge is 0.484 e. The molecule has 0 aliphatic heterocycles. The van der Waals surface area contributed by atoms with Crippen LogP contribution in [0, 0.1) is 5.82 Å². The molecule has 0 aliphatic rings. The van der Waals surface area contributed by atoms with Gasteiger partial charge in [-0.1, -0.05) is 12.1 Å². The van der Waals surface area contributed by atoms with Crippen molar-refractivity contribution >= 4 is 5.69 Å². The second-order valence-electron chi connectivity index (χ2n) is 3.79. The number of para-hydroxylation sites is 1. The summed E-state index contributed by atoms with van der Waals surface area (Å²) in [5, 5.41) is 3.19. The van der Waals surface area contributed by atoms with Crippen molar-refractivity contribution in [2.75, 3.05) is 11.9 Å². The minimum Gasteiger partial charge on any atom is -0.484 e. The number of ether oxygens (including phenoxy) is 1. The quantitative estimate of drug-likeness (QED) is 0.879. The first-order chi connectivity index (χ1) is 8.79. The number of hydrogen-bond acceptors (Lipinski definition) is 3. The molecule has 0 fully saturated rings. The van der Waals surface area contributed by atoms with E-state index in [1.807, 2.05) is 19.1 Å². The molecule has 0 aliphatic carbocycles. The lowest BCUT2D eigenvalue weighted by Gasteiger charge is -2.08. The summed E-state index contributed by atoms with van der Waals surface area (Å²) in [4.78, 5) is 4.18. The van der Waals surface area contributed by atoms with Crippen LogP contribution < -0.4 is 10.1 Å². The van der Waals surface area contributed by atoms with Crippen LogP contribution in [-0.4, -0.2) is 11.5 Å². The summed E-state index contributed by atoms with van der Waals surface area (Å²) in [7, 11) is 0. The summed E-state index contributed by atoms with van der Waals surface area (Å²) in [6.07, 6.45) is 1.71. The van der Waals surface area contributed by atoms with Crippen molar-refractivity contribution in [1.29, 1.82) is 0 Å². The van der Waals surface area contributed by atoms with E-state index >= 15 is 0 Å². The molecule has 1 heterocycles. The average molecular weight is 246 g/mol. The number of nitrogens with zero attached hydrogens (tertiary/aromatic N) is 1. The van der Waals surface area contributed by atoms with Crippen LogP contribution in [0.2, 0.25) is 0 Å². The Bertz CT molecular complexity index is 517. The molecule has 4 heteroatoms. The van der Waals surface area contributed by atoms with Gasteiger partial charge in [0.2, 0.25) is 0 Å². The lowest BCUT2D eigenvalue weighted by molar-refractivity contribution is 0.286.